The van der Waals surface area contributed by atoms with E-state index in [1.54, 1.807) is 58.3 Å². The molecule has 1 saturated heterocycles. The zero-order valence-electron chi connectivity index (χ0n) is 18.7. The summed E-state index contributed by atoms with van der Waals surface area (Å²) in [6.07, 6.45) is 0. The third-order valence-corrected chi connectivity index (χ3v) is 5.60. The van der Waals surface area contributed by atoms with Crippen LogP contribution in [0.3, 0.4) is 0 Å². The number of hydrogen-bond donors (Lipinski definition) is 0. The van der Waals surface area contributed by atoms with Crippen molar-refractivity contribution in [3.63, 3.8) is 0 Å². The first kappa shape index (κ1) is 23.4. The molecule has 0 aromatic heterocycles. The molecule has 0 N–H and O–H groups in total. The van der Waals surface area contributed by atoms with Gasteiger partial charge in [0.15, 0.2) is 0 Å². The first-order valence-electron chi connectivity index (χ1n) is 10.8. The van der Waals surface area contributed by atoms with Crippen molar-refractivity contribution in [3.8, 4) is 11.1 Å². The number of carbonyl (C=O) groups excluding carboxylic acids is 2. The maximum absolute atomic E-state index is 13.6. The number of ether oxygens (including phenoxy) is 2. The lowest BCUT2D eigenvalue weighted by molar-refractivity contribution is 0.0548. The maximum atomic E-state index is 13.6. The van der Waals surface area contributed by atoms with Gasteiger partial charge in [-0.05, 0) is 53.1 Å². The molecular weight excluding hydrogens is 442 g/mol. The highest BCUT2D eigenvalue weighted by Gasteiger charge is 2.24. The zero-order valence-corrected chi connectivity index (χ0v) is 18.7. The summed E-state index contributed by atoms with van der Waals surface area (Å²) >= 11 is 0. The third kappa shape index (κ3) is 5.40. The molecule has 8 heteroatoms. The van der Waals surface area contributed by atoms with Crippen LogP contribution < -0.4 is 4.90 Å². The van der Waals surface area contributed by atoms with Gasteiger partial charge in [-0.25, -0.2) is 18.4 Å². The van der Waals surface area contributed by atoms with Crippen molar-refractivity contribution in [1.82, 2.24) is 4.90 Å². The van der Waals surface area contributed by atoms with Crippen LogP contribution >= 0.6 is 0 Å². The summed E-state index contributed by atoms with van der Waals surface area (Å²) in [6, 6.07) is 17.0. The minimum atomic E-state index is -0.654. The molecule has 0 atom stereocenters. The van der Waals surface area contributed by atoms with Crippen LogP contribution in [0, 0.1) is 11.6 Å². The number of urea groups is 1. The smallest absolute Gasteiger partial charge is 0.337 e. The summed E-state index contributed by atoms with van der Waals surface area (Å²) in [6.45, 7) is 2.18. The number of nitrogens with zero attached hydrogens (tertiary/aromatic N) is 2. The lowest BCUT2D eigenvalue weighted by atomic mass is 10.0. The van der Waals surface area contributed by atoms with E-state index in [2.05, 4.69) is 0 Å². The predicted molar refractivity (Wildman–Crippen MR) is 124 cm³/mol. The normalized spacial score (nSPS) is 13.4. The lowest BCUT2D eigenvalue weighted by Crippen LogP contribution is -2.48. The number of carbonyl (C=O) groups is 2. The standard InChI is InChI=1S/C26H24F2N2O4/c1-33-25(31)20-4-2-18(3-5-20)17-30(26(32)29-10-12-34-13-11-29)24-8-6-19(7-9-24)21-14-22(27)16-23(28)15-21/h2-9,14-16H,10-13,17H2,1H3. The maximum Gasteiger partial charge on any atom is 0.337 e. The highest BCUT2D eigenvalue weighted by atomic mass is 19.1. The summed E-state index contributed by atoms with van der Waals surface area (Å²) in [4.78, 5) is 28.5. The average Bonchev–Trinajstić information content (AvgIpc) is 2.87. The molecule has 34 heavy (non-hydrogen) atoms. The Hall–Kier alpha value is -3.78. The number of methoxy groups -OCH3 is 1. The number of benzene rings is 3. The highest BCUT2D eigenvalue weighted by molar-refractivity contribution is 5.92. The molecule has 0 bridgehead atoms. The Morgan fingerprint density at radius 1 is 0.912 bits per heavy atom. The molecule has 3 aromatic rings. The number of rotatable bonds is 5. The van der Waals surface area contributed by atoms with Gasteiger partial charge in [0.05, 0.1) is 32.4 Å². The molecule has 2 amide bonds. The Morgan fingerprint density at radius 3 is 2.12 bits per heavy atom. The van der Waals surface area contributed by atoms with Gasteiger partial charge >= 0.3 is 12.0 Å². The van der Waals surface area contributed by atoms with Gasteiger partial charge in [0, 0.05) is 24.8 Å². The van der Waals surface area contributed by atoms with Gasteiger partial charge in [0.1, 0.15) is 11.6 Å². The predicted octanol–water partition coefficient (Wildman–Crippen LogP) is 4.88. The SMILES string of the molecule is COC(=O)c1ccc(CN(C(=O)N2CCOCC2)c2ccc(-c3cc(F)cc(F)c3)cc2)cc1. The minimum Gasteiger partial charge on any atom is -0.465 e. The van der Waals surface area contributed by atoms with Crippen LogP contribution in [0.4, 0.5) is 19.3 Å². The van der Waals surface area contributed by atoms with Crippen molar-refractivity contribution in [2.45, 2.75) is 6.54 Å². The van der Waals surface area contributed by atoms with E-state index >= 15 is 0 Å². The second kappa shape index (κ2) is 10.4. The van der Waals surface area contributed by atoms with Crippen molar-refractivity contribution >= 4 is 17.7 Å². The number of halogens is 2. The van der Waals surface area contributed by atoms with Crippen LogP contribution in [0.5, 0.6) is 0 Å². The molecule has 0 unspecified atom stereocenters. The van der Waals surface area contributed by atoms with Gasteiger partial charge in [-0.15, -0.1) is 0 Å². The van der Waals surface area contributed by atoms with E-state index < -0.39 is 17.6 Å². The number of amides is 2. The third-order valence-electron chi connectivity index (χ3n) is 5.60. The molecule has 1 heterocycles. The molecule has 176 valence electrons. The van der Waals surface area contributed by atoms with Crippen LogP contribution in [0.1, 0.15) is 15.9 Å². The topological polar surface area (TPSA) is 59.1 Å². The van der Waals surface area contributed by atoms with Gasteiger partial charge < -0.3 is 14.4 Å². The molecule has 6 nitrogen and oxygen atoms in total. The second-order valence-corrected chi connectivity index (χ2v) is 7.86. The van der Waals surface area contributed by atoms with E-state index in [1.165, 1.54) is 19.2 Å². The van der Waals surface area contributed by atoms with E-state index in [0.717, 1.165) is 11.6 Å². The number of esters is 1. The van der Waals surface area contributed by atoms with Crippen molar-refractivity contribution in [3.05, 3.63) is 89.5 Å². The van der Waals surface area contributed by atoms with E-state index in [4.69, 9.17) is 9.47 Å². The van der Waals surface area contributed by atoms with Crippen molar-refractivity contribution in [2.75, 3.05) is 38.3 Å². The Kier molecular flexibility index (Phi) is 7.18. The summed E-state index contributed by atoms with van der Waals surface area (Å²) in [5.74, 6) is -1.74. The zero-order chi connectivity index (χ0) is 24.1. The average molecular weight is 466 g/mol. The van der Waals surface area contributed by atoms with Crippen LogP contribution in [0.15, 0.2) is 66.7 Å². The Morgan fingerprint density at radius 2 is 1.53 bits per heavy atom. The van der Waals surface area contributed by atoms with Gasteiger partial charge in [0.25, 0.3) is 0 Å². The van der Waals surface area contributed by atoms with Crippen LogP contribution in [0.2, 0.25) is 0 Å². The molecule has 0 saturated carbocycles. The van der Waals surface area contributed by atoms with Crippen LogP contribution in [0.25, 0.3) is 11.1 Å². The number of morpholine rings is 1. The fourth-order valence-corrected chi connectivity index (χ4v) is 3.80. The largest absolute Gasteiger partial charge is 0.465 e. The molecule has 4 rings (SSSR count). The Bertz CT molecular complexity index is 1140. The molecule has 1 aliphatic heterocycles. The lowest BCUT2D eigenvalue weighted by Gasteiger charge is -2.33. The van der Waals surface area contributed by atoms with Crippen molar-refractivity contribution < 1.29 is 27.8 Å². The summed E-state index contributed by atoms with van der Waals surface area (Å²) in [5.41, 5.74) is 2.92. The fourth-order valence-electron chi connectivity index (χ4n) is 3.80. The minimum absolute atomic E-state index is 0.176. The number of anilines is 1. The van der Waals surface area contributed by atoms with E-state index in [-0.39, 0.29) is 12.6 Å². The Labute approximate surface area is 196 Å². The first-order chi connectivity index (χ1) is 16.4. The molecule has 1 fully saturated rings. The van der Waals surface area contributed by atoms with Gasteiger partial charge in [0.2, 0.25) is 0 Å². The quantitative estimate of drug-likeness (QED) is 0.503. The Balaban J connectivity index is 1.62. The van der Waals surface area contributed by atoms with Gasteiger partial charge in [-0.3, -0.25) is 4.90 Å². The first-order valence-corrected chi connectivity index (χ1v) is 10.8. The van der Waals surface area contributed by atoms with E-state index in [1.807, 2.05) is 0 Å². The van der Waals surface area contributed by atoms with Crippen LogP contribution in [-0.2, 0) is 16.0 Å². The van der Waals surface area contributed by atoms with Crippen molar-refractivity contribution in [1.29, 1.82) is 0 Å². The molecule has 0 aliphatic carbocycles. The molecule has 3 aromatic carbocycles. The molecular formula is C26H24F2N2O4. The second-order valence-electron chi connectivity index (χ2n) is 7.86. The van der Waals surface area contributed by atoms with Gasteiger partial charge in [-0.1, -0.05) is 24.3 Å². The summed E-state index contributed by atoms with van der Waals surface area (Å²) < 4.78 is 37.4. The molecule has 0 spiro atoms. The molecule has 0 radical (unpaired) electrons. The van der Waals surface area contributed by atoms with Crippen molar-refractivity contribution in [2.24, 2.45) is 0 Å². The van der Waals surface area contributed by atoms with Crippen LogP contribution in [-0.4, -0.2) is 50.3 Å². The highest BCUT2D eigenvalue weighted by Crippen LogP contribution is 2.27. The van der Waals surface area contributed by atoms with E-state index in [9.17, 15) is 18.4 Å². The number of hydrogen-bond acceptors (Lipinski definition) is 4. The summed E-state index contributed by atoms with van der Waals surface area (Å²) in [5, 5.41) is 0. The summed E-state index contributed by atoms with van der Waals surface area (Å²) in [7, 11) is 1.32. The monoisotopic (exact) mass is 466 g/mol. The molecule has 1 aliphatic rings. The van der Waals surface area contributed by atoms with Gasteiger partial charge in [-0.2, -0.15) is 0 Å². The van der Waals surface area contributed by atoms with E-state index in [0.29, 0.717) is 48.7 Å². The fraction of sp³-hybridized carbons (Fsp3) is 0.231.